The maximum Gasteiger partial charge on any atom is 0.118 e. The van der Waals surface area contributed by atoms with E-state index in [-0.39, 0.29) is 6.04 Å². The summed E-state index contributed by atoms with van der Waals surface area (Å²) in [7, 11) is 1.69. The molecule has 2 N–H and O–H groups in total. The number of ether oxygens (including phenoxy) is 1. The first-order valence-electron chi connectivity index (χ1n) is 6.76. The maximum absolute atomic E-state index is 6.34. The van der Waals surface area contributed by atoms with Gasteiger partial charge in [-0.25, -0.2) is 0 Å². The van der Waals surface area contributed by atoms with Crippen LogP contribution in [0, 0.1) is 6.92 Å². The molecule has 0 spiro atoms. The monoisotopic (exact) mass is 307 g/mol. The molecule has 1 heterocycles. The van der Waals surface area contributed by atoms with Gasteiger partial charge < -0.3 is 10.5 Å². The molecule has 0 amide bonds. The van der Waals surface area contributed by atoms with Crippen LogP contribution in [0.5, 0.6) is 5.75 Å². The number of benzene rings is 1. The number of aryl methyl sites for hydroxylation is 1. The van der Waals surface area contributed by atoms with Crippen LogP contribution in [0.25, 0.3) is 0 Å². The summed E-state index contributed by atoms with van der Waals surface area (Å²) in [6, 6.07) is 10.5. The van der Waals surface area contributed by atoms with Gasteiger partial charge in [0.2, 0.25) is 0 Å². The Morgan fingerprint density at radius 2 is 1.95 bits per heavy atom. The minimum Gasteiger partial charge on any atom is -0.497 e. The lowest BCUT2D eigenvalue weighted by Crippen LogP contribution is -2.25. The van der Waals surface area contributed by atoms with Crippen molar-refractivity contribution in [2.45, 2.75) is 36.5 Å². The van der Waals surface area contributed by atoms with E-state index in [1.54, 1.807) is 18.4 Å². The number of rotatable bonds is 6. The van der Waals surface area contributed by atoms with Gasteiger partial charge in [0, 0.05) is 15.8 Å². The Bertz CT molecular complexity index is 536. The average molecular weight is 307 g/mol. The highest BCUT2D eigenvalue weighted by atomic mass is 32.2. The SMILES string of the molecule is CCC(N)C(Sc1ccc(OC)cc1)c1sccc1C. The van der Waals surface area contributed by atoms with E-state index < -0.39 is 0 Å². The molecule has 0 fully saturated rings. The zero-order valence-corrected chi connectivity index (χ0v) is 13.8. The van der Waals surface area contributed by atoms with E-state index in [0.29, 0.717) is 5.25 Å². The lowest BCUT2D eigenvalue weighted by molar-refractivity contribution is 0.414. The maximum atomic E-state index is 6.34. The van der Waals surface area contributed by atoms with Crippen LogP contribution < -0.4 is 10.5 Å². The lowest BCUT2D eigenvalue weighted by Gasteiger charge is -2.22. The number of methoxy groups -OCH3 is 1. The van der Waals surface area contributed by atoms with Crippen molar-refractivity contribution >= 4 is 23.1 Å². The van der Waals surface area contributed by atoms with Gasteiger partial charge in [-0.05, 0) is 54.6 Å². The van der Waals surface area contributed by atoms with Crippen molar-refractivity contribution in [3.8, 4) is 5.75 Å². The van der Waals surface area contributed by atoms with Gasteiger partial charge in [0.15, 0.2) is 0 Å². The average Bonchev–Trinajstić information content (AvgIpc) is 2.90. The molecular weight excluding hydrogens is 286 g/mol. The summed E-state index contributed by atoms with van der Waals surface area (Å²) < 4.78 is 5.20. The van der Waals surface area contributed by atoms with Gasteiger partial charge in [0.05, 0.1) is 12.4 Å². The first-order chi connectivity index (χ1) is 9.65. The minimum atomic E-state index is 0.166. The largest absolute Gasteiger partial charge is 0.497 e. The Labute approximate surface area is 129 Å². The second kappa shape index (κ2) is 7.16. The predicted octanol–water partition coefficient (Wildman–Crippen LogP) is 4.64. The highest BCUT2D eigenvalue weighted by Crippen LogP contribution is 2.41. The Morgan fingerprint density at radius 1 is 1.25 bits per heavy atom. The van der Waals surface area contributed by atoms with Gasteiger partial charge in [0.25, 0.3) is 0 Å². The van der Waals surface area contributed by atoms with E-state index in [0.717, 1.165) is 12.2 Å². The summed E-state index contributed by atoms with van der Waals surface area (Å²) in [6.45, 7) is 4.31. The molecule has 20 heavy (non-hydrogen) atoms. The molecule has 0 aliphatic carbocycles. The number of thiophene rings is 1. The van der Waals surface area contributed by atoms with Crippen LogP contribution in [0.1, 0.15) is 29.0 Å². The third kappa shape index (κ3) is 3.57. The number of hydrogen-bond donors (Lipinski definition) is 1. The summed E-state index contributed by atoms with van der Waals surface area (Å²) in [5.74, 6) is 0.887. The Kier molecular flexibility index (Phi) is 5.52. The summed E-state index contributed by atoms with van der Waals surface area (Å²) >= 11 is 3.65. The Morgan fingerprint density at radius 3 is 2.45 bits per heavy atom. The fraction of sp³-hybridized carbons (Fsp3) is 0.375. The van der Waals surface area contributed by atoms with Crippen LogP contribution >= 0.6 is 23.1 Å². The lowest BCUT2D eigenvalue weighted by atomic mass is 10.1. The molecule has 0 bridgehead atoms. The molecule has 2 rings (SSSR count). The molecule has 0 aliphatic rings. The molecule has 0 aliphatic heterocycles. The van der Waals surface area contributed by atoms with E-state index in [4.69, 9.17) is 10.5 Å². The summed E-state index contributed by atoms with van der Waals surface area (Å²) in [5, 5.41) is 2.46. The summed E-state index contributed by atoms with van der Waals surface area (Å²) in [6.07, 6.45) is 0.977. The summed E-state index contributed by atoms with van der Waals surface area (Å²) in [4.78, 5) is 2.62. The molecule has 108 valence electrons. The minimum absolute atomic E-state index is 0.166. The number of nitrogens with two attached hydrogens (primary N) is 1. The normalized spacial score (nSPS) is 14.0. The van der Waals surface area contributed by atoms with Crippen LogP contribution in [0.3, 0.4) is 0 Å². The molecule has 1 aromatic carbocycles. The molecule has 4 heteroatoms. The van der Waals surface area contributed by atoms with E-state index in [2.05, 4.69) is 37.4 Å². The smallest absolute Gasteiger partial charge is 0.118 e. The molecule has 0 saturated carbocycles. The molecule has 2 atom stereocenters. The third-order valence-corrected chi connectivity index (χ3v) is 5.98. The van der Waals surface area contributed by atoms with Crippen LogP contribution in [0.2, 0.25) is 0 Å². The van der Waals surface area contributed by atoms with Gasteiger partial charge in [-0.2, -0.15) is 0 Å². The van der Waals surface area contributed by atoms with Crippen molar-refractivity contribution in [2.24, 2.45) is 5.73 Å². The van der Waals surface area contributed by atoms with Crippen LogP contribution in [0.15, 0.2) is 40.6 Å². The van der Waals surface area contributed by atoms with E-state index >= 15 is 0 Å². The van der Waals surface area contributed by atoms with Crippen molar-refractivity contribution in [1.29, 1.82) is 0 Å². The predicted molar refractivity (Wildman–Crippen MR) is 88.9 cm³/mol. The van der Waals surface area contributed by atoms with Crippen molar-refractivity contribution in [3.63, 3.8) is 0 Å². The zero-order valence-electron chi connectivity index (χ0n) is 12.1. The number of thioether (sulfide) groups is 1. The molecule has 0 saturated heterocycles. The highest BCUT2D eigenvalue weighted by Gasteiger charge is 2.22. The topological polar surface area (TPSA) is 35.2 Å². The fourth-order valence-corrected chi connectivity index (χ4v) is 4.57. The first-order valence-corrected chi connectivity index (χ1v) is 8.52. The second-order valence-corrected chi connectivity index (χ2v) is 6.92. The standard InChI is InChI=1S/C16H21NOS2/c1-4-14(17)16(15-11(2)9-10-19-15)20-13-7-5-12(18-3)6-8-13/h5-10,14,16H,4,17H2,1-3H3. The van der Waals surface area contributed by atoms with Crippen LogP contribution in [0.4, 0.5) is 0 Å². The van der Waals surface area contributed by atoms with Gasteiger partial charge in [-0.1, -0.05) is 6.92 Å². The van der Waals surface area contributed by atoms with Gasteiger partial charge >= 0.3 is 0 Å². The molecule has 2 aromatic rings. The highest BCUT2D eigenvalue weighted by molar-refractivity contribution is 7.99. The van der Waals surface area contributed by atoms with Crippen molar-refractivity contribution < 1.29 is 4.74 Å². The molecule has 1 aromatic heterocycles. The van der Waals surface area contributed by atoms with Crippen molar-refractivity contribution in [3.05, 3.63) is 46.2 Å². The van der Waals surface area contributed by atoms with Crippen molar-refractivity contribution in [1.82, 2.24) is 0 Å². The van der Waals surface area contributed by atoms with Crippen molar-refractivity contribution in [2.75, 3.05) is 7.11 Å². The Balaban J connectivity index is 2.21. The van der Waals surface area contributed by atoms with E-state index in [9.17, 15) is 0 Å². The van der Waals surface area contributed by atoms with E-state index in [1.165, 1.54) is 15.3 Å². The van der Waals surface area contributed by atoms with Gasteiger partial charge in [-0.15, -0.1) is 23.1 Å². The second-order valence-electron chi connectivity index (χ2n) is 4.75. The molecule has 2 unspecified atom stereocenters. The Hall–Kier alpha value is -0.970. The molecule has 0 radical (unpaired) electrons. The fourth-order valence-electron chi connectivity index (χ4n) is 2.03. The first kappa shape index (κ1) is 15.4. The van der Waals surface area contributed by atoms with Gasteiger partial charge in [-0.3, -0.25) is 0 Å². The van der Waals surface area contributed by atoms with Crippen LogP contribution in [-0.2, 0) is 0 Å². The molecular formula is C16H21NOS2. The summed E-state index contributed by atoms with van der Waals surface area (Å²) in [5.41, 5.74) is 7.68. The zero-order chi connectivity index (χ0) is 14.5. The number of hydrogen-bond acceptors (Lipinski definition) is 4. The third-order valence-electron chi connectivity index (χ3n) is 3.34. The van der Waals surface area contributed by atoms with E-state index in [1.807, 2.05) is 23.9 Å². The van der Waals surface area contributed by atoms with Gasteiger partial charge in [0.1, 0.15) is 5.75 Å². The van der Waals surface area contributed by atoms with Crippen LogP contribution in [-0.4, -0.2) is 13.2 Å². The molecule has 2 nitrogen and oxygen atoms in total. The quantitative estimate of drug-likeness (QED) is 0.790.